The average Bonchev–Trinajstić information content (AvgIpc) is 3.27. The summed E-state index contributed by atoms with van der Waals surface area (Å²) in [6.07, 6.45) is 0. The van der Waals surface area contributed by atoms with Crippen molar-refractivity contribution in [3.8, 4) is 23.1 Å². The Morgan fingerprint density at radius 3 is 2.54 bits per heavy atom. The van der Waals surface area contributed by atoms with Gasteiger partial charge in [-0.15, -0.1) is 0 Å². The lowest BCUT2D eigenvalue weighted by Gasteiger charge is -2.15. The summed E-state index contributed by atoms with van der Waals surface area (Å²) in [6.45, 7) is 4.12. The number of carbonyl (C=O) groups is 1. The number of hydrogen-bond donors (Lipinski definition) is 1. The number of hydrogen-bond acceptors (Lipinski definition) is 3. The Kier molecular flexibility index (Phi) is 5.27. The summed E-state index contributed by atoms with van der Waals surface area (Å²) < 4.78 is 7.49. The summed E-state index contributed by atoms with van der Waals surface area (Å²) in [7, 11) is 1.64. The summed E-state index contributed by atoms with van der Waals surface area (Å²) >= 11 is 0. The van der Waals surface area contributed by atoms with Crippen molar-refractivity contribution in [3.05, 3.63) is 48.0 Å². The van der Waals surface area contributed by atoms with Crippen LogP contribution in [0.3, 0.4) is 0 Å². The number of aromatic nitrogens is 1. The Morgan fingerprint density at radius 2 is 1.96 bits per heavy atom. The van der Waals surface area contributed by atoms with Gasteiger partial charge in [0.2, 0.25) is 0 Å². The van der Waals surface area contributed by atoms with Gasteiger partial charge in [0.15, 0.2) is 0 Å². The van der Waals surface area contributed by atoms with Crippen LogP contribution in [0.5, 0.6) is 5.75 Å². The Hall–Kier alpha value is -3.46. The Bertz CT molecular complexity index is 1060. The highest BCUT2D eigenvalue weighted by Crippen LogP contribution is 2.36. The monoisotopic (exact) mass is 376 g/mol. The zero-order valence-corrected chi connectivity index (χ0v) is 15.3. The number of ether oxygens (including phenoxy) is 1. The first-order valence-electron chi connectivity index (χ1n) is 8.94. The second-order valence-corrected chi connectivity index (χ2v) is 6.39. The average molecular weight is 376 g/mol. The maximum atomic E-state index is 11.9. The molecule has 2 heterocycles. The van der Waals surface area contributed by atoms with Crippen LogP contribution in [0.25, 0.3) is 22.2 Å². The molecule has 0 radical (unpaired) electrons. The van der Waals surface area contributed by atoms with Gasteiger partial charge in [-0.2, -0.15) is 5.26 Å². The first kappa shape index (κ1) is 19.3. The fraction of sp³-hybridized carbons (Fsp3) is 0.273. The second kappa shape index (κ2) is 7.65. The molecule has 28 heavy (non-hydrogen) atoms. The Balaban J connectivity index is 0.00000225. The van der Waals surface area contributed by atoms with E-state index >= 15 is 0 Å². The normalized spacial score (nSPS) is 13.2. The molecule has 1 saturated heterocycles. The van der Waals surface area contributed by atoms with Crippen LogP contribution < -0.4 is 15.0 Å². The molecule has 6 nitrogen and oxygen atoms in total. The van der Waals surface area contributed by atoms with Gasteiger partial charge in [-0.25, -0.2) is 4.79 Å². The minimum absolute atomic E-state index is 0. The van der Waals surface area contributed by atoms with Crippen LogP contribution in [-0.4, -0.2) is 30.8 Å². The number of amides is 2. The highest BCUT2D eigenvalue weighted by atomic mass is 16.5. The SMILES string of the molecule is C.CCn1c(-c2ccc(N3CCNC3=O)cc2)c(C#N)c2ccc(OC)cc21. The number of aryl methyl sites for hydroxylation is 1. The Labute approximate surface area is 164 Å². The molecule has 2 aromatic carbocycles. The summed E-state index contributed by atoms with van der Waals surface area (Å²) in [6, 6.07) is 15.9. The molecule has 1 aromatic heterocycles. The molecule has 1 aliphatic heterocycles. The van der Waals surface area contributed by atoms with Gasteiger partial charge in [0.25, 0.3) is 0 Å². The standard InChI is InChI=1S/C21H20N4O2.CH4/c1-3-24-19-12-16(27-2)8-9-17(19)18(13-22)20(24)14-4-6-15(7-5-14)25-11-10-23-21(25)26;/h4-9,12H,3,10-11H2,1-2H3,(H,23,26);1H4. The molecule has 0 spiro atoms. The molecule has 1 fully saturated rings. The molecule has 1 N–H and O–H groups in total. The maximum Gasteiger partial charge on any atom is 0.321 e. The number of anilines is 1. The molecule has 0 aliphatic carbocycles. The fourth-order valence-electron chi connectivity index (χ4n) is 3.72. The first-order chi connectivity index (χ1) is 13.2. The molecule has 3 aromatic rings. The third-order valence-electron chi connectivity index (χ3n) is 5.01. The van der Waals surface area contributed by atoms with E-state index in [4.69, 9.17) is 4.74 Å². The van der Waals surface area contributed by atoms with E-state index in [-0.39, 0.29) is 13.5 Å². The van der Waals surface area contributed by atoms with Crippen LogP contribution in [0.15, 0.2) is 42.5 Å². The van der Waals surface area contributed by atoms with Crippen molar-refractivity contribution in [3.63, 3.8) is 0 Å². The second-order valence-electron chi connectivity index (χ2n) is 6.39. The number of benzene rings is 2. The van der Waals surface area contributed by atoms with Crippen LogP contribution in [-0.2, 0) is 6.54 Å². The third-order valence-corrected chi connectivity index (χ3v) is 5.01. The number of fused-ring (bicyclic) bond motifs is 1. The van der Waals surface area contributed by atoms with E-state index in [9.17, 15) is 10.1 Å². The molecule has 0 saturated carbocycles. The summed E-state index contributed by atoms with van der Waals surface area (Å²) in [4.78, 5) is 13.6. The van der Waals surface area contributed by atoms with E-state index in [0.29, 0.717) is 18.7 Å². The van der Waals surface area contributed by atoms with Crippen molar-refractivity contribution in [2.45, 2.75) is 20.9 Å². The van der Waals surface area contributed by atoms with Crippen molar-refractivity contribution < 1.29 is 9.53 Å². The largest absolute Gasteiger partial charge is 0.497 e. The van der Waals surface area contributed by atoms with E-state index < -0.39 is 0 Å². The summed E-state index contributed by atoms with van der Waals surface area (Å²) in [5.74, 6) is 0.765. The lowest BCUT2D eigenvalue weighted by Crippen LogP contribution is -2.27. The van der Waals surface area contributed by atoms with Gasteiger partial charge < -0.3 is 14.6 Å². The lowest BCUT2D eigenvalue weighted by atomic mass is 10.1. The van der Waals surface area contributed by atoms with Gasteiger partial charge in [0.1, 0.15) is 11.8 Å². The molecular weight excluding hydrogens is 352 g/mol. The molecule has 144 valence electrons. The predicted octanol–water partition coefficient (Wildman–Crippen LogP) is 4.37. The lowest BCUT2D eigenvalue weighted by molar-refractivity contribution is 0.252. The van der Waals surface area contributed by atoms with Gasteiger partial charge >= 0.3 is 6.03 Å². The molecule has 2 amide bonds. The highest BCUT2D eigenvalue weighted by Gasteiger charge is 2.22. The third kappa shape index (κ3) is 2.95. The number of rotatable bonds is 4. The Morgan fingerprint density at radius 1 is 1.21 bits per heavy atom. The molecule has 1 aliphatic rings. The molecule has 4 rings (SSSR count). The van der Waals surface area contributed by atoms with E-state index in [1.807, 2.05) is 42.5 Å². The maximum absolute atomic E-state index is 11.9. The number of nitriles is 1. The van der Waals surface area contributed by atoms with Gasteiger partial charge in [-0.1, -0.05) is 19.6 Å². The van der Waals surface area contributed by atoms with Crippen molar-refractivity contribution in [1.82, 2.24) is 9.88 Å². The van der Waals surface area contributed by atoms with Gasteiger partial charge in [-0.05, 0) is 36.8 Å². The molecule has 0 bridgehead atoms. The number of nitrogens with one attached hydrogen (secondary N) is 1. The van der Waals surface area contributed by atoms with Crippen LogP contribution in [0, 0.1) is 11.3 Å². The van der Waals surface area contributed by atoms with Crippen molar-refractivity contribution in [2.24, 2.45) is 0 Å². The van der Waals surface area contributed by atoms with Gasteiger partial charge in [-0.3, -0.25) is 4.90 Å². The number of carbonyl (C=O) groups excluding carboxylic acids is 1. The number of nitrogens with zero attached hydrogens (tertiary/aromatic N) is 3. The van der Waals surface area contributed by atoms with E-state index in [1.54, 1.807) is 12.0 Å². The zero-order chi connectivity index (χ0) is 19.0. The van der Waals surface area contributed by atoms with Gasteiger partial charge in [0, 0.05) is 36.8 Å². The van der Waals surface area contributed by atoms with Crippen molar-refractivity contribution in [2.75, 3.05) is 25.1 Å². The zero-order valence-electron chi connectivity index (χ0n) is 15.3. The van der Waals surface area contributed by atoms with E-state index in [0.717, 1.165) is 40.1 Å². The number of urea groups is 1. The van der Waals surface area contributed by atoms with E-state index in [1.165, 1.54) is 0 Å². The number of methoxy groups -OCH3 is 1. The molecule has 0 unspecified atom stereocenters. The van der Waals surface area contributed by atoms with E-state index in [2.05, 4.69) is 22.9 Å². The van der Waals surface area contributed by atoms with Crippen molar-refractivity contribution in [1.29, 1.82) is 5.26 Å². The van der Waals surface area contributed by atoms with Crippen LogP contribution in [0.1, 0.15) is 19.9 Å². The smallest absolute Gasteiger partial charge is 0.321 e. The highest BCUT2D eigenvalue weighted by molar-refractivity contribution is 5.96. The molecule has 0 atom stereocenters. The van der Waals surface area contributed by atoms with Crippen LogP contribution >= 0.6 is 0 Å². The van der Waals surface area contributed by atoms with Crippen LogP contribution in [0.4, 0.5) is 10.5 Å². The van der Waals surface area contributed by atoms with Crippen molar-refractivity contribution >= 4 is 22.6 Å². The summed E-state index contributed by atoms with van der Waals surface area (Å²) in [5, 5.41) is 13.5. The predicted molar refractivity (Wildman–Crippen MR) is 112 cm³/mol. The summed E-state index contributed by atoms with van der Waals surface area (Å²) in [5.41, 5.74) is 4.33. The topological polar surface area (TPSA) is 70.3 Å². The van der Waals surface area contributed by atoms with Gasteiger partial charge in [0.05, 0.1) is 23.9 Å². The molecule has 6 heteroatoms. The van der Waals surface area contributed by atoms with Crippen LogP contribution in [0.2, 0.25) is 0 Å². The quantitative estimate of drug-likeness (QED) is 0.735. The minimum atomic E-state index is -0.0739. The fourth-order valence-corrected chi connectivity index (χ4v) is 3.72. The first-order valence-corrected chi connectivity index (χ1v) is 8.94. The minimum Gasteiger partial charge on any atom is -0.497 e. The molecular formula is C22H24N4O2.